The van der Waals surface area contributed by atoms with Crippen LogP contribution in [0.3, 0.4) is 0 Å². The molecule has 0 aromatic heterocycles. The quantitative estimate of drug-likeness (QED) is 0.441. The van der Waals surface area contributed by atoms with E-state index in [2.05, 4.69) is 22.3 Å². The number of amides is 3. The van der Waals surface area contributed by atoms with Crippen LogP contribution in [0.4, 0.5) is 21.5 Å². The van der Waals surface area contributed by atoms with E-state index in [1.165, 1.54) is 12.1 Å². The third-order valence-corrected chi connectivity index (χ3v) is 7.26. The molecule has 1 saturated heterocycles. The average Bonchev–Trinajstić information content (AvgIpc) is 3.14. The lowest BCUT2D eigenvalue weighted by Crippen LogP contribution is -2.48. The Hall–Kier alpha value is -3.88. The second-order valence-electron chi connectivity index (χ2n) is 9.00. The van der Waals surface area contributed by atoms with Crippen LogP contribution in [-0.2, 0) is 9.59 Å². The molecule has 3 amide bonds. The van der Waals surface area contributed by atoms with Gasteiger partial charge in [0, 0.05) is 43.1 Å². The summed E-state index contributed by atoms with van der Waals surface area (Å²) in [7, 11) is 0. The number of nitrogens with one attached hydrogen (secondary N) is 1. The Kier molecular flexibility index (Phi) is 7.10. The molecular formula is C28H23Cl2FN4O3. The number of rotatable bonds is 5. The molecule has 0 spiro atoms. The molecule has 1 N–H and O–H groups in total. The first-order chi connectivity index (χ1) is 18.2. The minimum atomic E-state index is -0.761. The predicted octanol–water partition coefficient (Wildman–Crippen LogP) is 5.19. The van der Waals surface area contributed by atoms with Crippen LogP contribution >= 0.6 is 23.2 Å². The van der Waals surface area contributed by atoms with E-state index >= 15 is 0 Å². The van der Waals surface area contributed by atoms with Crippen molar-refractivity contribution in [1.29, 1.82) is 0 Å². The smallest absolute Gasteiger partial charge is 0.283 e. The molecule has 1 fully saturated rings. The highest BCUT2D eigenvalue weighted by molar-refractivity contribution is 6.53. The van der Waals surface area contributed by atoms with Crippen LogP contribution in [0.5, 0.6) is 0 Å². The molecule has 5 rings (SSSR count). The molecular weight excluding hydrogens is 530 g/mol. The number of carbonyl (C=O) groups is 3. The van der Waals surface area contributed by atoms with Crippen LogP contribution in [-0.4, -0.2) is 48.8 Å². The molecule has 10 heteroatoms. The summed E-state index contributed by atoms with van der Waals surface area (Å²) in [5, 5.41) is 2.40. The molecule has 3 aromatic carbocycles. The third-order valence-electron chi connectivity index (χ3n) is 6.62. The highest BCUT2D eigenvalue weighted by Crippen LogP contribution is 2.33. The van der Waals surface area contributed by atoms with Crippen molar-refractivity contribution in [3.8, 4) is 0 Å². The van der Waals surface area contributed by atoms with Crippen molar-refractivity contribution in [3.05, 3.63) is 99.4 Å². The maximum atomic E-state index is 13.6. The molecule has 7 nitrogen and oxygen atoms in total. The van der Waals surface area contributed by atoms with Crippen LogP contribution in [0, 0.1) is 12.7 Å². The van der Waals surface area contributed by atoms with E-state index in [4.69, 9.17) is 23.2 Å². The number of carbonyl (C=O) groups excluding carboxylic acids is 3. The number of nitrogens with zero attached hydrogens (tertiary/aromatic N) is 3. The zero-order chi connectivity index (χ0) is 27.0. The summed E-state index contributed by atoms with van der Waals surface area (Å²) in [5.74, 6) is -2.28. The van der Waals surface area contributed by atoms with Crippen molar-refractivity contribution < 1.29 is 18.8 Å². The Morgan fingerprint density at radius 1 is 0.868 bits per heavy atom. The van der Waals surface area contributed by atoms with Crippen LogP contribution in [0.25, 0.3) is 0 Å². The second kappa shape index (κ2) is 10.5. The summed E-state index contributed by atoms with van der Waals surface area (Å²) in [4.78, 5) is 44.1. The number of imide groups is 1. The zero-order valence-corrected chi connectivity index (χ0v) is 21.9. The van der Waals surface area contributed by atoms with Gasteiger partial charge in [0.25, 0.3) is 17.7 Å². The SMILES string of the molecule is Cc1ccc(C(=O)N2CCN(c3ccccc3)CC2)cc1NC1=C(Cl)C(=O)N(c2ccc(F)c(Cl)c2)C1=O. The number of halogens is 3. The third kappa shape index (κ3) is 4.85. The van der Waals surface area contributed by atoms with Gasteiger partial charge in [-0.15, -0.1) is 0 Å². The summed E-state index contributed by atoms with van der Waals surface area (Å²) in [5.41, 5.74) is 2.74. The van der Waals surface area contributed by atoms with Gasteiger partial charge in [0.1, 0.15) is 16.5 Å². The fourth-order valence-electron chi connectivity index (χ4n) is 4.48. The van der Waals surface area contributed by atoms with Gasteiger partial charge in [-0.2, -0.15) is 0 Å². The van der Waals surface area contributed by atoms with Crippen LogP contribution in [0.2, 0.25) is 5.02 Å². The van der Waals surface area contributed by atoms with Gasteiger partial charge >= 0.3 is 0 Å². The molecule has 194 valence electrons. The molecule has 0 radical (unpaired) electrons. The van der Waals surface area contributed by atoms with Crippen LogP contribution in [0.1, 0.15) is 15.9 Å². The van der Waals surface area contributed by atoms with E-state index < -0.39 is 17.6 Å². The van der Waals surface area contributed by atoms with Crippen molar-refractivity contribution in [1.82, 2.24) is 4.90 Å². The van der Waals surface area contributed by atoms with E-state index in [9.17, 15) is 18.8 Å². The molecule has 2 aliphatic heterocycles. The van der Waals surface area contributed by atoms with Crippen molar-refractivity contribution in [2.75, 3.05) is 41.3 Å². The monoisotopic (exact) mass is 552 g/mol. The standard InChI is InChI=1S/C28H23Cl2FN4O3/c1-17-7-8-18(26(36)34-13-11-33(12-14-34)19-5-3-2-4-6-19)15-23(17)32-25-24(30)27(37)35(28(25)38)20-9-10-22(31)21(29)16-20/h2-10,15-16,32H,11-14H2,1H3. The fraction of sp³-hybridized carbons (Fsp3) is 0.179. The number of piperazine rings is 1. The predicted molar refractivity (Wildman–Crippen MR) is 146 cm³/mol. The maximum Gasteiger partial charge on any atom is 0.283 e. The second-order valence-corrected chi connectivity index (χ2v) is 9.79. The summed E-state index contributed by atoms with van der Waals surface area (Å²) in [6, 6.07) is 18.7. The Morgan fingerprint density at radius 2 is 1.58 bits per heavy atom. The Labute approximate surface area is 229 Å². The molecule has 3 aromatic rings. The largest absolute Gasteiger partial charge is 0.368 e. The summed E-state index contributed by atoms with van der Waals surface area (Å²) >= 11 is 12.1. The van der Waals surface area contributed by atoms with Crippen LogP contribution in [0.15, 0.2) is 77.5 Å². The first-order valence-electron chi connectivity index (χ1n) is 11.9. The Morgan fingerprint density at radius 3 is 2.26 bits per heavy atom. The van der Waals surface area contributed by atoms with Crippen molar-refractivity contribution in [2.24, 2.45) is 0 Å². The van der Waals surface area contributed by atoms with Gasteiger partial charge in [-0.3, -0.25) is 14.4 Å². The number of aryl methyl sites for hydroxylation is 1. The molecule has 2 heterocycles. The molecule has 0 unspecified atom stereocenters. The van der Waals surface area contributed by atoms with Gasteiger partial charge in [-0.1, -0.05) is 47.5 Å². The maximum absolute atomic E-state index is 13.6. The van der Waals surface area contributed by atoms with Crippen molar-refractivity contribution >= 4 is 58.0 Å². The molecule has 0 aliphatic carbocycles. The zero-order valence-electron chi connectivity index (χ0n) is 20.4. The topological polar surface area (TPSA) is 73.0 Å². The van der Waals surface area contributed by atoms with E-state index in [1.54, 1.807) is 23.1 Å². The minimum Gasteiger partial charge on any atom is -0.368 e. The van der Waals surface area contributed by atoms with Gasteiger partial charge in [0.05, 0.1) is 10.7 Å². The Balaban J connectivity index is 1.32. The highest BCUT2D eigenvalue weighted by Gasteiger charge is 2.39. The molecule has 0 atom stereocenters. The summed E-state index contributed by atoms with van der Waals surface area (Å²) < 4.78 is 13.6. The van der Waals surface area contributed by atoms with E-state index in [0.717, 1.165) is 35.3 Å². The lowest BCUT2D eigenvalue weighted by atomic mass is 10.1. The molecule has 0 bridgehead atoms. The lowest BCUT2D eigenvalue weighted by Gasteiger charge is -2.36. The minimum absolute atomic E-state index is 0.0941. The number of benzene rings is 3. The highest BCUT2D eigenvalue weighted by atomic mass is 35.5. The average molecular weight is 553 g/mol. The summed E-state index contributed by atoms with van der Waals surface area (Å²) in [6.07, 6.45) is 0. The van der Waals surface area contributed by atoms with Crippen LogP contribution < -0.4 is 15.1 Å². The normalized spacial score (nSPS) is 15.9. The van der Waals surface area contributed by atoms with E-state index in [0.29, 0.717) is 24.3 Å². The first-order valence-corrected chi connectivity index (χ1v) is 12.7. The molecule has 0 saturated carbocycles. The van der Waals surface area contributed by atoms with Gasteiger partial charge in [0.15, 0.2) is 0 Å². The first kappa shape index (κ1) is 25.8. The van der Waals surface area contributed by atoms with Gasteiger partial charge < -0.3 is 15.1 Å². The Bertz CT molecular complexity index is 1470. The van der Waals surface area contributed by atoms with Gasteiger partial charge in [-0.25, -0.2) is 9.29 Å². The lowest BCUT2D eigenvalue weighted by molar-refractivity contribution is -0.120. The van der Waals surface area contributed by atoms with Crippen molar-refractivity contribution in [3.63, 3.8) is 0 Å². The number of hydrogen-bond acceptors (Lipinski definition) is 5. The van der Waals surface area contributed by atoms with E-state index in [1.807, 2.05) is 25.1 Å². The number of hydrogen-bond donors (Lipinski definition) is 1. The van der Waals surface area contributed by atoms with Gasteiger partial charge in [0.2, 0.25) is 0 Å². The molecule has 2 aliphatic rings. The molecule has 38 heavy (non-hydrogen) atoms. The van der Waals surface area contributed by atoms with Crippen molar-refractivity contribution in [2.45, 2.75) is 6.92 Å². The van der Waals surface area contributed by atoms with E-state index in [-0.39, 0.29) is 27.3 Å². The fourth-order valence-corrected chi connectivity index (χ4v) is 4.87. The number of anilines is 3. The van der Waals surface area contributed by atoms with Gasteiger partial charge in [-0.05, 0) is 55.0 Å². The summed E-state index contributed by atoms with van der Waals surface area (Å²) in [6.45, 7) is 4.39. The number of para-hydroxylation sites is 1.